The molecule has 21 heavy (non-hydrogen) atoms. The van der Waals surface area contributed by atoms with E-state index in [-0.39, 0.29) is 11.8 Å². The first kappa shape index (κ1) is 18.8. The highest BCUT2D eigenvalue weighted by molar-refractivity contribution is 4.87. The third-order valence-corrected chi connectivity index (χ3v) is 4.36. The fourth-order valence-electron chi connectivity index (χ4n) is 2.95. The molecule has 0 aliphatic carbocycles. The van der Waals surface area contributed by atoms with Gasteiger partial charge in [-0.15, -0.1) is 0 Å². The maximum Gasteiger partial charge on any atom is 0.181 e. The lowest BCUT2D eigenvalue weighted by Gasteiger charge is -2.33. The molecular weight excluding hydrogens is 272 g/mol. The average molecular weight is 304 g/mol. The zero-order valence-corrected chi connectivity index (χ0v) is 13.5. The van der Waals surface area contributed by atoms with Gasteiger partial charge in [0.25, 0.3) is 0 Å². The molecule has 1 fully saturated rings. The third-order valence-electron chi connectivity index (χ3n) is 4.36. The molecule has 0 aromatic heterocycles. The molecule has 0 spiro atoms. The molecule has 0 amide bonds. The summed E-state index contributed by atoms with van der Waals surface area (Å²) in [6.45, 7) is 6.39. The molecule has 1 saturated heterocycles. The lowest BCUT2D eigenvalue weighted by Crippen LogP contribution is -2.40. The molecule has 1 aliphatic heterocycles. The van der Waals surface area contributed by atoms with Gasteiger partial charge in [0.05, 0.1) is 12.2 Å². The molecule has 4 N–H and O–H groups in total. The topological polar surface area (TPSA) is 90.2 Å². The SMILES string of the molecule is CCCCCCC(C)(C)C[C@H]1O[C@H](O)[C@H](O)C[C@@H](O)[C@@H]1O. The Kier molecular flexibility index (Phi) is 7.57. The molecule has 126 valence electrons. The van der Waals surface area contributed by atoms with Gasteiger partial charge in [-0.3, -0.25) is 0 Å². The van der Waals surface area contributed by atoms with Gasteiger partial charge in [-0.25, -0.2) is 0 Å². The second-order valence-corrected chi connectivity index (χ2v) is 7.11. The van der Waals surface area contributed by atoms with E-state index in [2.05, 4.69) is 20.8 Å². The lowest BCUT2D eigenvalue weighted by molar-refractivity contribution is -0.199. The minimum Gasteiger partial charge on any atom is -0.390 e. The van der Waals surface area contributed by atoms with E-state index < -0.39 is 30.7 Å². The lowest BCUT2D eigenvalue weighted by atomic mass is 9.80. The Bertz CT molecular complexity index is 294. The van der Waals surface area contributed by atoms with Gasteiger partial charge in [-0.05, 0) is 18.3 Å². The molecule has 5 nitrogen and oxygen atoms in total. The molecule has 1 heterocycles. The van der Waals surface area contributed by atoms with E-state index in [1.807, 2.05) is 0 Å². The molecule has 0 radical (unpaired) electrons. The van der Waals surface area contributed by atoms with Crippen LogP contribution in [0.5, 0.6) is 0 Å². The fourth-order valence-corrected chi connectivity index (χ4v) is 2.95. The second-order valence-electron chi connectivity index (χ2n) is 7.11. The van der Waals surface area contributed by atoms with Crippen LogP contribution in [-0.2, 0) is 4.74 Å². The van der Waals surface area contributed by atoms with Crippen LogP contribution in [0.1, 0.15) is 65.7 Å². The zero-order chi connectivity index (χ0) is 16.0. The molecule has 0 bridgehead atoms. The fraction of sp³-hybridized carbons (Fsp3) is 1.00. The van der Waals surface area contributed by atoms with Crippen LogP contribution >= 0.6 is 0 Å². The normalized spacial score (nSPS) is 34.7. The Morgan fingerprint density at radius 3 is 2.29 bits per heavy atom. The summed E-state index contributed by atoms with van der Waals surface area (Å²) in [5.74, 6) is 0. The van der Waals surface area contributed by atoms with Crippen molar-refractivity contribution in [2.45, 2.75) is 96.4 Å². The Morgan fingerprint density at radius 1 is 1.00 bits per heavy atom. The van der Waals surface area contributed by atoms with Crippen molar-refractivity contribution in [3.05, 3.63) is 0 Å². The highest BCUT2D eigenvalue weighted by atomic mass is 16.6. The minimum absolute atomic E-state index is 0.0475. The Labute approximate surface area is 127 Å². The first-order valence-electron chi connectivity index (χ1n) is 8.14. The van der Waals surface area contributed by atoms with E-state index in [0.29, 0.717) is 6.42 Å². The van der Waals surface area contributed by atoms with Crippen molar-refractivity contribution in [3.63, 3.8) is 0 Å². The van der Waals surface area contributed by atoms with Crippen molar-refractivity contribution in [1.29, 1.82) is 0 Å². The van der Waals surface area contributed by atoms with Crippen LogP contribution in [0.3, 0.4) is 0 Å². The summed E-state index contributed by atoms with van der Waals surface area (Å²) in [6.07, 6.45) is 0.896. The number of hydrogen-bond acceptors (Lipinski definition) is 5. The Balaban J connectivity index is 2.56. The number of aliphatic hydroxyl groups excluding tert-OH is 4. The molecule has 0 unspecified atom stereocenters. The van der Waals surface area contributed by atoms with Crippen molar-refractivity contribution >= 4 is 0 Å². The van der Waals surface area contributed by atoms with Crippen LogP contribution in [0.2, 0.25) is 0 Å². The number of ether oxygens (including phenoxy) is 1. The van der Waals surface area contributed by atoms with Gasteiger partial charge in [0.1, 0.15) is 12.2 Å². The smallest absolute Gasteiger partial charge is 0.181 e. The van der Waals surface area contributed by atoms with Gasteiger partial charge in [0, 0.05) is 6.42 Å². The molecule has 1 aliphatic rings. The van der Waals surface area contributed by atoms with Crippen molar-refractivity contribution in [2.75, 3.05) is 0 Å². The summed E-state index contributed by atoms with van der Waals surface area (Å²) in [6, 6.07) is 0. The monoisotopic (exact) mass is 304 g/mol. The van der Waals surface area contributed by atoms with E-state index in [4.69, 9.17) is 4.74 Å². The van der Waals surface area contributed by atoms with E-state index in [0.717, 1.165) is 12.8 Å². The van der Waals surface area contributed by atoms with Crippen LogP contribution in [-0.4, -0.2) is 51.1 Å². The van der Waals surface area contributed by atoms with Crippen LogP contribution in [0, 0.1) is 5.41 Å². The summed E-state index contributed by atoms with van der Waals surface area (Å²) >= 11 is 0. The highest BCUT2D eigenvalue weighted by Gasteiger charge is 2.39. The van der Waals surface area contributed by atoms with E-state index in [1.165, 1.54) is 19.3 Å². The number of rotatable bonds is 7. The van der Waals surface area contributed by atoms with Gasteiger partial charge in [-0.1, -0.05) is 46.5 Å². The van der Waals surface area contributed by atoms with Crippen LogP contribution < -0.4 is 0 Å². The summed E-state index contributed by atoms with van der Waals surface area (Å²) in [4.78, 5) is 0. The van der Waals surface area contributed by atoms with Crippen molar-refractivity contribution in [2.24, 2.45) is 5.41 Å². The summed E-state index contributed by atoms with van der Waals surface area (Å²) in [7, 11) is 0. The maximum atomic E-state index is 10.1. The summed E-state index contributed by atoms with van der Waals surface area (Å²) in [5.41, 5.74) is -0.0475. The summed E-state index contributed by atoms with van der Waals surface area (Å²) < 4.78 is 5.37. The van der Waals surface area contributed by atoms with Gasteiger partial charge in [-0.2, -0.15) is 0 Å². The number of aliphatic hydroxyl groups is 4. The molecule has 1 rings (SSSR count). The number of unbranched alkanes of at least 4 members (excludes halogenated alkanes) is 3. The average Bonchev–Trinajstić information content (AvgIpc) is 2.48. The maximum absolute atomic E-state index is 10.1. The molecular formula is C16H32O5. The van der Waals surface area contributed by atoms with Crippen molar-refractivity contribution < 1.29 is 25.2 Å². The molecule has 5 heteroatoms. The quantitative estimate of drug-likeness (QED) is 0.536. The molecule has 5 atom stereocenters. The molecule has 0 aromatic carbocycles. The summed E-state index contributed by atoms with van der Waals surface area (Å²) in [5, 5.41) is 39.3. The molecule has 0 saturated carbocycles. The second kappa shape index (κ2) is 8.44. The molecule has 0 aromatic rings. The van der Waals surface area contributed by atoms with Gasteiger partial charge >= 0.3 is 0 Å². The third kappa shape index (κ3) is 6.20. The zero-order valence-electron chi connectivity index (χ0n) is 13.5. The predicted molar refractivity (Wildman–Crippen MR) is 80.7 cm³/mol. The van der Waals surface area contributed by atoms with E-state index in [1.54, 1.807) is 0 Å². The number of hydrogen-bond donors (Lipinski definition) is 4. The van der Waals surface area contributed by atoms with E-state index in [9.17, 15) is 20.4 Å². The highest BCUT2D eigenvalue weighted by Crippen LogP contribution is 2.33. The van der Waals surface area contributed by atoms with Gasteiger partial charge in [0.15, 0.2) is 6.29 Å². The minimum atomic E-state index is -1.35. The van der Waals surface area contributed by atoms with Crippen molar-refractivity contribution in [1.82, 2.24) is 0 Å². The van der Waals surface area contributed by atoms with Crippen molar-refractivity contribution in [3.8, 4) is 0 Å². The van der Waals surface area contributed by atoms with Crippen LogP contribution in [0.4, 0.5) is 0 Å². The largest absolute Gasteiger partial charge is 0.390 e. The van der Waals surface area contributed by atoms with E-state index >= 15 is 0 Å². The predicted octanol–water partition coefficient (Wildman–Crippen LogP) is 1.56. The first-order valence-corrected chi connectivity index (χ1v) is 8.14. The van der Waals surface area contributed by atoms with Crippen LogP contribution in [0.25, 0.3) is 0 Å². The Morgan fingerprint density at radius 2 is 1.67 bits per heavy atom. The first-order chi connectivity index (χ1) is 9.76. The van der Waals surface area contributed by atoms with Gasteiger partial charge in [0.2, 0.25) is 0 Å². The van der Waals surface area contributed by atoms with Crippen LogP contribution in [0.15, 0.2) is 0 Å². The standard InChI is InChI=1S/C16H32O5/c1-4-5-6-7-8-16(2,3)10-13-14(19)11(17)9-12(18)15(20)21-13/h11-15,17-20H,4-10H2,1-3H3/t11-,12-,13-,14+,15+/m1/s1. The Hall–Kier alpha value is -0.200. The van der Waals surface area contributed by atoms with Gasteiger partial charge < -0.3 is 25.2 Å².